The van der Waals surface area contributed by atoms with Crippen LogP contribution in [0, 0.1) is 5.82 Å². The first-order chi connectivity index (χ1) is 12.5. The van der Waals surface area contributed by atoms with Crippen molar-refractivity contribution >= 4 is 17.6 Å². The standard InChI is InChI=1S/C19H16FN3O3/c1-22-15-10-23(13-6-4-12(20)5-7-13)18(25)16(15)17(21-19(22)26)11-2-8-14(24)9-3-11/h2-9,17,24H,10H2,1H3,(H,21,26)/t17-/m0/s1. The van der Waals surface area contributed by atoms with Gasteiger partial charge in [0.2, 0.25) is 0 Å². The second-order valence-electron chi connectivity index (χ2n) is 6.26. The van der Waals surface area contributed by atoms with Crippen LogP contribution in [-0.4, -0.2) is 35.5 Å². The summed E-state index contributed by atoms with van der Waals surface area (Å²) in [4.78, 5) is 28.4. The molecule has 0 bridgehead atoms. The molecule has 6 nitrogen and oxygen atoms in total. The van der Waals surface area contributed by atoms with Crippen molar-refractivity contribution in [3.63, 3.8) is 0 Å². The Morgan fingerprint density at radius 3 is 2.38 bits per heavy atom. The van der Waals surface area contributed by atoms with Gasteiger partial charge in [-0.1, -0.05) is 12.1 Å². The molecule has 4 rings (SSSR count). The number of halogens is 1. The Labute approximate surface area is 149 Å². The van der Waals surface area contributed by atoms with Crippen LogP contribution >= 0.6 is 0 Å². The fourth-order valence-electron chi connectivity index (χ4n) is 3.31. The van der Waals surface area contributed by atoms with Crippen molar-refractivity contribution in [2.45, 2.75) is 6.04 Å². The van der Waals surface area contributed by atoms with Crippen molar-refractivity contribution < 1.29 is 19.1 Å². The molecule has 7 heteroatoms. The Morgan fingerprint density at radius 2 is 1.73 bits per heavy atom. The number of nitrogens with one attached hydrogen (secondary N) is 1. The predicted molar refractivity (Wildman–Crippen MR) is 92.9 cm³/mol. The maximum absolute atomic E-state index is 13.2. The molecule has 0 unspecified atom stereocenters. The van der Waals surface area contributed by atoms with Gasteiger partial charge in [-0.25, -0.2) is 9.18 Å². The van der Waals surface area contributed by atoms with E-state index in [0.29, 0.717) is 22.5 Å². The van der Waals surface area contributed by atoms with E-state index in [9.17, 15) is 19.1 Å². The smallest absolute Gasteiger partial charge is 0.322 e. The number of carbonyl (C=O) groups excluding carboxylic acids is 2. The molecule has 26 heavy (non-hydrogen) atoms. The first kappa shape index (κ1) is 16.1. The minimum Gasteiger partial charge on any atom is -0.508 e. The molecule has 2 aliphatic heterocycles. The van der Waals surface area contributed by atoms with Gasteiger partial charge < -0.3 is 15.3 Å². The van der Waals surface area contributed by atoms with Gasteiger partial charge in [-0.3, -0.25) is 9.69 Å². The highest BCUT2D eigenvalue weighted by molar-refractivity contribution is 6.11. The molecular weight excluding hydrogens is 337 g/mol. The Hall–Kier alpha value is -3.35. The first-order valence-corrected chi connectivity index (χ1v) is 8.09. The summed E-state index contributed by atoms with van der Waals surface area (Å²) in [5.41, 5.74) is 2.35. The van der Waals surface area contributed by atoms with Gasteiger partial charge in [0.1, 0.15) is 11.6 Å². The number of carbonyl (C=O) groups is 2. The molecule has 2 aromatic rings. The molecule has 132 valence electrons. The number of likely N-dealkylation sites (N-methyl/N-ethyl adjacent to an activating group) is 1. The van der Waals surface area contributed by atoms with Gasteiger partial charge in [0.15, 0.2) is 0 Å². The molecule has 2 N–H and O–H groups in total. The van der Waals surface area contributed by atoms with Gasteiger partial charge in [-0.05, 0) is 42.0 Å². The molecule has 0 fully saturated rings. The molecule has 0 spiro atoms. The van der Waals surface area contributed by atoms with Gasteiger partial charge in [-0.2, -0.15) is 0 Å². The SMILES string of the molecule is CN1C(=O)N[C@@H](c2ccc(O)cc2)C2=C1CN(c1ccc(F)cc1)C2=O. The van der Waals surface area contributed by atoms with Crippen molar-refractivity contribution in [1.82, 2.24) is 10.2 Å². The van der Waals surface area contributed by atoms with E-state index in [1.165, 1.54) is 46.2 Å². The van der Waals surface area contributed by atoms with E-state index < -0.39 is 6.04 Å². The third-order valence-electron chi connectivity index (χ3n) is 4.73. The number of rotatable bonds is 2. The number of hydrogen-bond acceptors (Lipinski definition) is 3. The average Bonchev–Trinajstić information content (AvgIpc) is 2.97. The third kappa shape index (κ3) is 2.48. The van der Waals surface area contributed by atoms with E-state index >= 15 is 0 Å². The van der Waals surface area contributed by atoms with Crippen molar-refractivity contribution in [2.24, 2.45) is 0 Å². The van der Waals surface area contributed by atoms with Crippen molar-refractivity contribution in [2.75, 3.05) is 18.5 Å². The van der Waals surface area contributed by atoms with Crippen LogP contribution in [0.25, 0.3) is 0 Å². The lowest BCUT2D eigenvalue weighted by molar-refractivity contribution is -0.114. The number of urea groups is 1. The van der Waals surface area contributed by atoms with Crippen LogP contribution in [0.1, 0.15) is 11.6 Å². The minimum absolute atomic E-state index is 0.105. The van der Waals surface area contributed by atoms with E-state index in [2.05, 4.69) is 5.32 Å². The van der Waals surface area contributed by atoms with E-state index in [0.717, 1.165) is 0 Å². The summed E-state index contributed by atoms with van der Waals surface area (Å²) in [6, 6.07) is 11.1. The summed E-state index contributed by atoms with van der Waals surface area (Å²) >= 11 is 0. The lowest BCUT2D eigenvalue weighted by Crippen LogP contribution is -2.45. The van der Waals surface area contributed by atoms with Crippen LogP contribution < -0.4 is 10.2 Å². The molecule has 0 aliphatic carbocycles. The molecule has 2 aromatic carbocycles. The minimum atomic E-state index is -0.604. The molecule has 3 amide bonds. The Bertz CT molecular complexity index is 922. The van der Waals surface area contributed by atoms with Crippen molar-refractivity contribution in [1.29, 1.82) is 0 Å². The summed E-state index contributed by atoms with van der Waals surface area (Å²) in [5.74, 6) is -0.515. The zero-order valence-corrected chi connectivity index (χ0v) is 13.9. The number of anilines is 1. The fraction of sp³-hybridized carbons (Fsp3) is 0.158. The monoisotopic (exact) mass is 353 g/mol. The Balaban J connectivity index is 1.75. The lowest BCUT2D eigenvalue weighted by Gasteiger charge is -2.31. The second kappa shape index (κ2) is 5.87. The Kier molecular flexibility index (Phi) is 3.64. The van der Waals surface area contributed by atoms with Gasteiger partial charge in [0.25, 0.3) is 5.91 Å². The van der Waals surface area contributed by atoms with Crippen molar-refractivity contribution in [3.8, 4) is 5.75 Å². The van der Waals surface area contributed by atoms with E-state index in [4.69, 9.17) is 0 Å². The zero-order chi connectivity index (χ0) is 18.4. The maximum Gasteiger partial charge on any atom is 0.322 e. The van der Waals surface area contributed by atoms with Crippen LogP contribution in [0.15, 0.2) is 59.8 Å². The van der Waals surface area contributed by atoms with Gasteiger partial charge in [0.05, 0.1) is 23.9 Å². The molecule has 1 atom stereocenters. The summed E-state index contributed by atoms with van der Waals surface area (Å²) in [7, 11) is 1.61. The van der Waals surface area contributed by atoms with Crippen LogP contribution in [0.5, 0.6) is 5.75 Å². The Morgan fingerprint density at radius 1 is 1.08 bits per heavy atom. The van der Waals surface area contributed by atoms with Gasteiger partial charge in [0, 0.05) is 12.7 Å². The fourth-order valence-corrected chi connectivity index (χ4v) is 3.31. The largest absolute Gasteiger partial charge is 0.508 e. The highest BCUT2D eigenvalue weighted by Crippen LogP contribution is 2.37. The number of benzene rings is 2. The molecule has 0 saturated heterocycles. The van der Waals surface area contributed by atoms with Crippen LogP contribution in [-0.2, 0) is 4.79 Å². The molecule has 0 saturated carbocycles. The van der Waals surface area contributed by atoms with Gasteiger partial charge in [-0.15, -0.1) is 0 Å². The molecule has 2 aliphatic rings. The molecule has 0 radical (unpaired) electrons. The summed E-state index contributed by atoms with van der Waals surface area (Å²) in [5, 5.41) is 12.3. The van der Waals surface area contributed by atoms with E-state index in [1.807, 2.05) is 0 Å². The first-order valence-electron chi connectivity index (χ1n) is 8.09. The highest BCUT2D eigenvalue weighted by atomic mass is 19.1. The van der Waals surface area contributed by atoms with E-state index in [1.54, 1.807) is 19.2 Å². The maximum atomic E-state index is 13.2. The molecular formula is C19H16FN3O3. The summed E-state index contributed by atoms with van der Waals surface area (Å²) in [6.07, 6.45) is 0. The van der Waals surface area contributed by atoms with Crippen LogP contribution in [0.4, 0.5) is 14.9 Å². The summed E-state index contributed by atoms with van der Waals surface area (Å²) < 4.78 is 13.2. The highest BCUT2D eigenvalue weighted by Gasteiger charge is 2.43. The lowest BCUT2D eigenvalue weighted by atomic mass is 9.95. The number of phenolic OH excluding ortho intramolecular Hbond substituents is 1. The zero-order valence-electron chi connectivity index (χ0n) is 13.9. The third-order valence-corrected chi connectivity index (χ3v) is 4.73. The number of nitrogens with zero attached hydrogens (tertiary/aromatic N) is 2. The number of phenols is 1. The normalized spacial score (nSPS) is 19.7. The van der Waals surface area contributed by atoms with Crippen LogP contribution in [0.3, 0.4) is 0 Å². The quantitative estimate of drug-likeness (QED) is 0.871. The van der Waals surface area contributed by atoms with Crippen molar-refractivity contribution in [3.05, 3.63) is 71.2 Å². The van der Waals surface area contributed by atoms with Gasteiger partial charge >= 0.3 is 6.03 Å². The summed E-state index contributed by atoms with van der Waals surface area (Å²) in [6.45, 7) is 0.234. The molecule has 2 heterocycles. The average molecular weight is 353 g/mol. The van der Waals surface area contributed by atoms with E-state index in [-0.39, 0.29) is 30.0 Å². The van der Waals surface area contributed by atoms with Crippen LogP contribution in [0.2, 0.25) is 0 Å². The molecule has 0 aromatic heterocycles. The number of hydrogen-bond donors (Lipinski definition) is 2. The second-order valence-corrected chi connectivity index (χ2v) is 6.26. The topological polar surface area (TPSA) is 72.9 Å². The predicted octanol–water partition coefficient (Wildman–Crippen LogP) is 2.53. The number of aromatic hydroxyl groups is 1. The number of amides is 3.